The quantitative estimate of drug-likeness (QED) is 0.347. The first kappa shape index (κ1) is 22.2. The fourth-order valence-corrected chi connectivity index (χ4v) is 5.74. The van der Waals surface area contributed by atoms with Crippen molar-refractivity contribution in [3.63, 3.8) is 0 Å². The Hall–Kier alpha value is -2.60. The Morgan fingerprint density at radius 2 is 1.61 bits per heavy atom. The van der Waals surface area contributed by atoms with E-state index in [1.807, 2.05) is 0 Å². The molecule has 0 saturated heterocycles. The van der Waals surface area contributed by atoms with Crippen LogP contribution in [-0.4, -0.2) is 0 Å². The number of benzene rings is 2. The van der Waals surface area contributed by atoms with E-state index in [-0.39, 0.29) is 0 Å². The second-order valence-corrected chi connectivity index (χ2v) is 10.6. The maximum Gasteiger partial charge on any atom is 0.0281 e. The van der Waals surface area contributed by atoms with Crippen LogP contribution < -0.4 is 0 Å². The highest BCUT2D eigenvalue weighted by molar-refractivity contribution is 5.79. The van der Waals surface area contributed by atoms with Crippen LogP contribution in [0.2, 0.25) is 0 Å². The Kier molecular flexibility index (Phi) is 6.81. The van der Waals surface area contributed by atoms with Crippen molar-refractivity contribution in [1.29, 1.82) is 0 Å². The largest absolute Gasteiger partial charge is 0.0726 e. The zero-order chi connectivity index (χ0) is 22.6. The van der Waals surface area contributed by atoms with Crippen LogP contribution in [-0.2, 0) is 25.7 Å². The zero-order valence-corrected chi connectivity index (χ0v) is 20.4. The van der Waals surface area contributed by atoms with Gasteiger partial charge in [0.05, 0.1) is 0 Å². The Labute approximate surface area is 200 Å². The molecule has 0 aromatic heterocycles. The summed E-state index contributed by atoms with van der Waals surface area (Å²) in [4.78, 5) is 0. The summed E-state index contributed by atoms with van der Waals surface area (Å²) >= 11 is 0. The standard InChI is InChI=1S/C33H38/c1-24(2)8-4-3-5-9-25-14-16-26(17-15-25)22-29-20-21-32(33-13-7-12-31(29)33)30-19-18-27-10-6-11-28(27)23-30/h7,12-21,23-24,33H,3-6,8-11,22H2,1-2H3. The van der Waals surface area contributed by atoms with Crippen LogP contribution in [0.5, 0.6) is 0 Å². The van der Waals surface area contributed by atoms with E-state index in [0.29, 0.717) is 5.92 Å². The second-order valence-electron chi connectivity index (χ2n) is 10.6. The minimum Gasteiger partial charge on any atom is -0.0726 e. The average molecular weight is 435 g/mol. The summed E-state index contributed by atoms with van der Waals surface area (Å²) < 4.78 is 0. The highest BCUT2D eigenvalue weighted by Crippen LogP contribution is 2.42. The van der Waals surface area contributed by atoms with Crippen molar-refractivity contribution in [3.05, 3.63) is 112 Å². The average Bonchev–Trinajstić information content (AvgIpc) is 3.49. The minimum atomic E-state index is 0.412. The molecule has 0 amide bonds. The molecule has 2 aromatic rings. The normalized spacial score (nSPS) is 18.8. The van der Waals surface area contributed by atoms with E-state index in [4.69, 9.17) is 0 Å². The minimum absolute atomic E-state index is 0.412. The number of allylic oxidation sites excluding steroid dienone is 8. The maximum atomic E-state index is 2.46. The molecule has 0 heteroatoms. The SMILES string of the molecule is CC(C)CCCCCc1ccc(CC2=CC=C(c3ccc4c(c3)CCC4)C3C=CC=C23)cc1. The van der Waals surface area contributed by atoms with Crippen LogP contribution in [0.4, 0.5) is 0 Å². The number of hydrogen-bond donors (Lipinski definition) is 0. The van der Waals surface area contributed by atoms with Crippen LogP contribution >= 0.6 is 0 Å². The van der Waals surface area contributed by atoms with E-state index in [1.54, 1.807) is 11.1 Å². The van der Waals surface area contributed by atoms with Gasteiger partial charge in [0.15, 0.2) is 0 Å². The highest BCUT2D eigenvalue weighted by Gasteiger charge is 2.26. The molecular formula is C33H38. The van der Waals surface area contributed by atoms with Gasteiger partial charge in [-0.3, -0.25) is 0 Å². The zero-order valence-electron chi connectivity index (χ0n) is 20.4. The van der Waals surface area contributed by atoms with Gasteiger partial charge in [-0.2, -0.15) is 0 Å². The van der Waals surface area contributed by atoms with Crippen LogP contribution in [0.3, 0.4) is 0 Å². The summed E-state index contributed by atoms with van der Waals surface area (Å²) in [5, 5.41) is 0. The molecule has 0 N–H and O–H groups in total. The molecular weight excluding hydrogens is 396 g/mol. The van der Waals surface area contributed by atoms with Gasteiger partial charge in [-0.15, -0.1) is 0 Å². The van der Waals surface area contributed by atoms with E-state index < -0.39 is 0 Å². The van der Waals surface area contributed by atoms with Crippen molar-refractivity contribution < 1.29 is 0 Å². The maximum absolute atomic E-state index is 2.46. The Bertz CT molecular complexity index is 1100. The third kappa shape index (κ3) is 5.16. The van der Waals surface area contributed by atoms with Crippen LogP contribution in [0.25, 0.3) is 5.57 Å². The molecule has 170 valence electrons. The predicted molar refractivity (Wildman–Crippen MR) is 142 cm³/mol. The molecule has 1 unspecified atom stereocenters. The van der Waals surface area contributed by atoms with Gasteiger partial charge >= 0.3 is 0 Å². The lowest BCUT2D eigenvalue weighted by atomic mass is 9.79. The van der Waals surface area contributed by atoms with Gasteiger partial charge in [-0.25, -0.2) is 0 Å². The predicted octanol–water partition coefficient (Wildman–Crippen LogP) is 8.61. The highest BCUT2D eigenvalue weighted by atomic mass is 14.3. The van der Waals surface area contributed by atoms with E-state index in [9.17, 15) is 0 Å². The summed E-state index contributed by atoms with van der Waals surface area (Å²) in [6, 6.07) is 16.6. The number of rotatable bonds is 9. The Morgan fingerprint density at radius 3 is 2.45 bits per heavy atom. The molecule has 0 radical (unpaired) electrons. The number of fused-ring (bicyclic) bond motifs is 2. The molecule has 3 aliphatic rings. The lowest BCUT2D eigenvalue weighted by molar-refractivity contribution is 0.527. The van der Waals surface area contributed by atoms with Crippen molar-refractivity contribution in [1.82, 2.24) is 0 Å². The van der Waals surface area contributed by atoms with Crippen molar-refractivity contribution in [2.75, 3.05) is 0 Å². The summed E-state index contributed by atoms with van der Waals surface area (Å²) in [5.74, 6) is 1.25. The number of aryl methyl sites for hydroxylation is 3. The molecule has 0 bridgehead atoms. The molecule has 2 aromatic carbocycles. The number of unbranched alkanes of at least 4 members (excludes halogenated alkanes) is 2. The first-order valence-electron chi connectivity index (χ1n) is 13.2. The van der Waals surface area contributed by atoms with Gasteiger partial charge in [0, 0.05) is 5.92 Å². The number of hydrogen-bond acceptors (Lipinski definition) is 0. The molecule has 33 heavy (non-hydrogen) atoms. The smallest absolute Gasteiger partial charge is 0.0281 e. The fourth-order valence-electron chi connectivity index (χ4n) is 5.74. The molecule has 3 aliphatic carbocycles. The van der Waals surface area contributed by atoms with Gasteiger partial charge in [-0.05, 0) is 89.0 Å². The summed E-state index contributed by atoms with van der Waals surface area (Å²) in [5.41, 5.74) is 11.9. The van der Waals surface area contributed by atoms with Gasteiger partial charge in [0.25, 0.3) is 0 Å². The van der Waals surface area contributed by atoms with Crippen molar-refractivity contribution in [2.45, 2.75) is 71.6 Å². The lowest BCUT2D eigenvalue weighted by Crippen LogP contribution is -2.10. The Balaban J connectivity index is 1.25. The molecule has 0 aliphatic heterocycles. The lowest BCUT2D eigenvalue weighted by Gasteiger charge is -2.25. The van der Waals surface area contributed by atoms with Crippen molar-refractivity contribution in [2.24, 2.45) is 11.8 Å². The molecule has 0 spiro atoms. The van der Waals surface area contributed by atoms with Gasteiger partial charge in [0.2, 0.25) is 0 Å². The summed E-state index contributed by atoms with van der Waals surface area (Å²) in [7, 11) is 0. The topological polar surface area (TPSA) is 0 Å². The summed E-state index contributed by atoms with van der Waals surface area (Å²) in [6.07, 6.45) is 23.2. The van der Waals surface area contributed by atoms with Gasteiger partial charge < -0.3 is 0 Å². The van der Waals surface area contributed by atoms with E-state index in [1.165, 1.54) is 84.8 Å². The van der Waals surface area contributed by atoms with Crippen molar-refractivity contribution in [3.8, 4) is 0 Å². The third-order valence-corrected chi connectivity index (χ3v) is 7.68. The Morgan fingerprint density at radius 1 is 0.788 bits per heavy atom. The van der Waals surface area contributed by atoms with Crippen LogP contribution in [0.15, 0.2) is 84.0 Å². The van der Waals surface area contributed by atoms with Crippen LogP contribution in [0.1, 0.15) is 73.8 Å². The molecule has 0 nitrogen and oxygen atoms in total. The molecule has 5 rings (SSSR count). The van der Waals surface area contributed by atoms with E-state index in [0.717, 1.165) is 12.3 Å². The summed E-state index contributed by atoms with van der Waals surface area (Å²) in [6.45, 7) is 4.65. The molecule has 1 atom stereocenters. The third-order valence-electron chi connectivity index (χ3n) is 7.68. The second kappa shape index (κ2) is 10.1. The first-order chi connectivity index (χ1) is 16.2. The molecule has 0 fully saturated rings. The first-order valence-corrected chi connectivity index (χ1v) is 13.2. The van der Waals surface area contributed by atoms with E-state index >= 15 is 0 Å². The van der Waals surface area contributed by atoms with Gasteiger partial charge in [-0.1, -0.05) is 106 Å². The monoisotopic (exact) mass is 434 g/mol. The molecule has 0 saturated carbocycles. The van der Waals surface area contributed by atoms with Crippen molar-refractivity contribution >= 4 is 5.57 Å². The fraction of sp³-hybridized carbons (Fsp3) is 0.394. The van der Waals surface area contributed by atoms with E-state index in [2.05, 4.69) is 86.7 Å². The van der Waals surface area contributed by atoms with Crippen LogP contribution in [0, 0.1) is 11.8 Å². The van der Waals surface area contributed by atoms with Gasteiger partial charge in [0.1, 0.15) is 0 Å². The molecule has 0 heterocycles.